The van der Waals surface area contributed by atoms with E-state index in [9.17, 15) is 13.6 Å². The lowest BCUT2D eigenvalue weighted by Gasteiger charge is -2.05. The van der Waals surface area contributed by atoms with Gasteiger partial charge in [0.15, 0.2) is 17.3 Å². The summed E-state index contributed by atoms with van der Waals surface area (Å²) in [6, 6.07) is 6.22. The number of anilines is 1. The maximum Gasteiger partial charge on any atom is 0.341 e. The second kappa shape index (κ2) is 7.82. The van der Waals surface area contributed by atoms with Gasteiger partial charge in [-0.05, 0) is 13.0 Å². The fourth-order valence-corrected chi connectivity index (χ4v) is 2.96. The molecule has 0 aliphatic heterocycles. The number of ether oxygens (including phenoxy) is 1. The first kappa shape index (κ1) is 19.4. The van der Waals surface area contributed by atoms with E-state index in [-0.39, 0.29) is 47.0 Å². The molecule has 0 bridgehead atoms. The molecule has 0 atom stereocenters. The van der Waals surface area contributed by atoms with Crippen LogP contribution in [0.4, 0.5) is 14.5 Å². The second-order valence-electron chi connectivity index (χ2n) is 6.33. The van der Waals surface area contributed by atoms with E-state index in [0.717, 1.165) is 6.20 Å². The maximum atomic E-state index is 14.1. The van der Waals surface area contributed by atoms with Gasteiger partial charge < -0.3 is 10.5 Å². The number of hydrogen-bond acceptors (Lipinski definition) is 7. The monoisotopic (exact) mass is 410 g/mol. The third-order valence-electron chi connectivity index (χ3n) is 4.41. The molecule has 4 aromatic rings. The van der Waals surface area contributed by atoms with Crippen molar-refractivity contribution in [1.82, 2.24) is 24.7 Å². The molecule has 3 aromatic heterocycles. The molecule has 152 valence electrons. The third kappa shape index (κ3) is 3.43. The Morgan fingerprint density at radius 3 is 2.53 bits per heavy atom. The number of nitrogen functional groups attached to an aromatic ring is 1. The quantitative estimate of drug-likeness (QED) is 0.504. The van der Waals surface area contributed by atoms with Crippen LogP contribution in [-0.4, -0.2) is 37.3 Å². The SMILES string of the molecule is CCOC(=O)c1cnc(-c2nn(Cc3ccccc3F)c3ncc(F)c(N)c23)nc1. The topological polar surface area (TPSA) is 109 Å². The summed E-state index contributed by atoms with van der Waals surface area (Å²) in [6.07, 6.45) is 3.54. The molecule has 2 N–H and O–H groups in total. The fourth-order valence-electron chi connectivity index (χ4n) is 2.96. The number of hydrogen-bond donors (Lipinski definition) is 1. The zero-order valence-corrected chi connectivity index (χ0v) is 15.8. The molecule has 0 radical (unpaired) electrons. The van der Waals surface area contributed by atoms with E-state index in [0.29, 0.717) is 5.56 Å². The highest BCUT2D eigenvalue weighted by Gasteiger charge is 2.21. The first-order chi connectivity index (χ1) is 14.5. The number of carbonyl (C=O) groups is 1. The highest BCUT2D eigenvalue weighted by atomic mass is 19.1. The summed E-state index contributed by atoms with van der Waals surface area (Å²) in [7, 11) is 0. The van der Waals surface area contributed by atoms with Crippen molar-refractivity contribution in [3.05, 3.63) is 65.6 Å². The van der Waals surface area contributed by atoms with Crippen LogP contribution in [0.25, 0.3) is 22.6 Å². The van der Waals surface area contributed by atoms with Gasteiger partial charge in [0.2, 0.25) is 0 Å². The van der Waals surface area contributed by atoms with Crippen LogP contribution in [0.1, 0.15) is 22.8 Å². The standard InChI is InChI=1S/C20H16F2N6O2/c1-2-30-20(29)12-7-24-18(25-8-12)17-15-16(23)14(22)9-26-19(15)28(27-17)10-11-5-3-4-6-13(11)21/h3-9H,2,10H2,1H3,(H2,23,26). The van der Waals surface area contributed by atoms with Gasteiger partial charge in [-0.15, -0.1) is 0 Å². The van der Waals surface area contributed by atoms with E-state index in [1.54, 1.807) is 25.1 Å². The van der Waals surface area contributed by atoms with Gasteiger partial charge in [-0.25, -0.2) is 33.2 Å². The molecule has 0 fully saturated rings. The van der Waals surface area contributed by atoms with E-state index >= 15 is 0 Å². The molecule has 0 unspecified atom stereocenters. The smallest absolute Gasteiger partial charge is 0.341 e. The van der Waals surface area contributed by atoms with Gasteiger partial charge in [0, 0.05) is 18.0 Å². The Hall–Kier alpha value is -3.95. The average molecular weight is 410 g/mol. The molecule has 0 saturated heterocycles. The number of nitrogens with zero attached hydrogens (tertiary/aromatic N) is 5. The predicted octanol–water partition coefficient (Wildman–Crippen LogP) is 2.97. The summed E-state index contributed by atoms with van der Waals surface area (Å²) in [5, 5.41) is 4.61. The molecule has 0 amide bonds. The number of esters is 1. The first-order valence-electron chi connectivity index (χ1n) is 9.03. The van der Waals surface area contributed by atoms with Crippen molar-refractivity contribution in [1.29, 1.82) is 0 Å². The van der Waals surface area contributed by atoms with Crippen LogP contribution in [0.2, 0.25) is 0 Å². The number of pyridine rings is 1. The summed E-state index contributed by atoms with van der Waals surface area (Å²) in [5.74, 6) is -1.59. The Morgan fingerprint density at radius 2 is 1.83 bits per heavy atom. The second-order valence-corrected chi connectivity index (χ2v) is 6.33. The summed E-state index contributed by atoms with van der Waals surface area (Å²) >= 11 is 0. The number of carbonyl (C=O) groups excluding carboxylic acids is 1. The van der Waals surface area contributed by atoms with E-state index in [1.807, 2.05) is 0 Å². The Kier molecular flexibility index (Phi) is 5.05. The highest BCUT2D eigenvalue weighted by Crippen LogP contribution is 2.31. The van der Waals surface area contributed by atoms with E-state index < -0.39 is 17.6 Å². The molecule has 8 nitrogen and oxygen atoms in total. The fraction of sp³-hybridized carbons (Fsp3) is 0.150. The van der Waals surface area contributed by atoms with Gasteiger partial charge in [-0.3, -0.25) is 0 Å². The van der Waals surface area contributed by atoms with Gasteiger partial charge in [0.25, 0.3) is 0 Å². The number of halogens is 2. The zero-order chi connectivity index (χ0) is 21.3. The van der Waals surface area contributed by atoms with Crippen LogP contribution in [0, 0.1) is 11.6 Å². The van der Waals surface area contributed by atoms with Crippen molar-refractivity contribution in [2.75, 3.05) is 12.3 Å². The Bertz CT molecular complexity index is 1240. The van der Waals surface area contributed by atoms with Crippen LogP contribution >= 0.6 is 0 Å². The number of benzene rings is 1. The number of fused-ring (bicyclic) bond motifs is 1. The Balaban J connectivity index is 1.83. The highest BCUT2D eigenvalue weighted by molar-refractivity contribution is 5.98. The number of aromatic nitrogens is 5. The summed E-state index contributed by atoms with van der Waals surface area (Å²) in [6.45, 7) is 1.95. The lowest BCUT2D eigenvalue weighted by molar-refractivity contribution is 0.0525. The average Bonchev–Trinajstić information content (AvgIpc) is 3.11. The summed E-state index contributed by atoms with van der Waals surface area (Å²) in [5.41, 5.74) is 6.72. The van der Waals surface area contributed by atoms with Crippen molar-refractivity contribution in [3.63, 3.8) is 0 Å². The molecule has 0 aliphatic rings. The van der Waals surface area contributed by atoms with Gasteiger partial charge in [0.1, 0.15) is 11.5 Å². The first-order valence-corrected chi connectivity index (χ1v) is 9.03. The number of rotatable bonds is 5. The lowest BCUT2D eigenvalue weighted by atomic mass is 10.2. The predicted molar refractivity (Wildman–Crippen MR) is 104 cm³/mol. The zero-order valence-electron chi connectivity index (χ0n) is 15.8. The van der Waals surface area contributed by atoms with Crippen LogP contribution in [0.3, 0.4) is 0 Å². The Labute approximate surface area is 169 Å². The lowest BCUT2D eigenvalue weighted by Crippen LogP contribution is -2.06. The molecule has 10 heteroatoms. The van der Waals surface area contributed by atoms with Crippen molar-refractivity contribution in [2.45, 2.75) is 13.5 Å². The van der Waals surface area contributed by atoms with E-state index in [1.165, 1.54) is 23.1 Å². The van der Waals surface area contributed by atoms with Crippen LogP contribution in [0.5, 0.6) is 0 Å². The van der Waals surface area contributed by atoms with Gasteiger partial charge >= 0.3 is 5.97 Å². The van der Waals surface area contributed by atoms with Crippen molar-refractivity contribution in [2.24, 2.45) is 0 Å². The molecule has 4 rings (SSSR count). The molecule has 0 saturated carbocycles. The molecule has 30 heavy (non-hydrogen) atoms. The van der Waals surface area contributed by atoms with Crippen molar-refractivity contribution < 1.29 is 18.3 Å². The minimum Gasteiger partial charge on any atom is -0.462 e. The molecular weight excluding hydrogens is 394 g/mol. The van der Waals surface area contributed by atoms with Crippen molar-refractivity contribution in [3.8, 4) is 11.5 Å². The molecule has 1 aromatic carbocycles. The molecule has 3 heterocycles. The minimum absolute atomic E-state index is 0.0438. The maximum absolute atomic E-state index is 14.1. The third-order valence-corrected chi connectivity index (χ3v) is 4.41. The summed E-state index contributed by atoms with van der Waals surface area (Å²) in [4.78, 5) is 24.2. The minimum atomic E-state index is -0.725. The Morgan fingerprint density at radius 1 is 1.10 bits per heavy atom. The normalized spacial score (nSPS) is 11.0. The van der Waals surface area contributed by atoms with Crippen LogP contribution < -0.4 is 5.73 Å². The van der Waals surface area contributed by atoms with Crippen molar-refractivity contribution >= 4 is 22.7 Å². The van der Waals surface area contributed by atoms with Gasteiger partial charge in [0.05, 0.1) is 36.0 Å². The van der Waals surface area contributed by atoms with E-state index in [4.69, 9.17) is 10.5 Å². The molecule has 0 spiro atoms. The van der Waals surface area contributed by atoms with Gasteiger partial charge in [-0.2, -0.15) is 5.10 Å². The largest absolute Gasteiger partial charge is 0.462 e. The summed E-state index contributed by atoms with van der Waals surface area (Å²) < 4.78 is 34.5. The van der Waals surface area contributed by atoms with E-state index in [2.05, 4.69) is 20.1 Å². The van der Waals surface area contributed by atoms with Gasteiger partial charge in [-0.1, -0.05) is 18.2 Å². The van der Waals surface area contributed by atoms with Crippen LogP contribution in [-0.2, 0) is 11.3 Å². The molecule has 0 aliphatic carbocycles. The number of nitrogens with two attached hydrogens (primary N) is 1. The molecular formula is C20H16F2N6O2. The van der Waals surface area contributed by atoms with Crippen LogP contribution in [0.15, 0.2) is 42.9 Å².